The lowest BCUT2D eigenvalue weighted by Crippen LogP contribution is -2.10. The molecule has 1 unspecified atom stereocenters. The molecule has 0 radical (unpaired) electrons. The van der Waals surface area contributed by atoms with E-state index in [1.165, 1.54) is 13.2 Å². The highest BCUT2D eigenvalue weighted by Gasteiger charge is 2.05. The van der Waals surface area contributed by atoms with E-state index in [2.05, 4.69) is 11.4 Å². The topological polar surface area (TPSA) is 45.0 Å². The van der Waals surface area contributed by atoms with Gasteiger partial charge in [-0.25, -0.2) is 4.39 Å². The first-order chi connectivity index (χ1) is 7.17. The Morgan fingerprint density at radius 1 is 1.60 bits per heavy atom. The maximum atomic E-state index is 13.3. The van der Waals surface area contributed by atoms with Crippen LogP contribution in [0.15, 0.2) is 18.2 Å². The van der Waals surface area contributed by atoms with E-state index in [0.29, 0.717) is 18.0 Å². The lowest BCUT2D eigenvalue weighted by molar-refractivity contribution is 0.414. The van der Waals surface area contributed by atoms with Gasteiger partial charge in [0.05, 0.1) is 24.8 Å². The molecule has 15 heavy (non-hydrogen) atoms. The number of hydrogen-bond donors (Lipinski definition) is 1. The molecule has 80 valence electrons. The number of nitrogens with zero attached hydrogens (tertiary/aromatic N) is 1. The smallest absolute Gasteiger partial charge is 0.146 e. The largest absolute Gasteiger partial charge is 0.497 e. The van der Waals surface area contributed by atoms with Gasteiger partial charge in [0.25, 0.3) is 0 Å². The molecule has 0 amide bonds. The van der Waals surface area contributed by atoms with Gasteiger partial charge in [-0.15, -0.1) is 0 Å². The zero-order chi connectivity index (χ0) is 11.3. The first kappa shape index (κ1) is 11.3. The highest BCUT2D eigenvalue weighted by atomic mass is 19.1. The average molecular weight is 208 g/mol. The lowest BCUT2D eigenvalue weighted by atomic mass is 10.2. The molecular weight excluding hydrogens is 195 g/mol. The van der Waals surface area contributed by atoms with Crippen LogP contribution >= 0.6 is 0 Å². The summed E-state index contributed by atoms with van der Waals surface area (Å²) in [7, 11) is 1.52. The monoisotopic (exact) mass is 208 g/mol. The van der Waals surface area contributed by atoms with Gasteiger partial charge in [0.2, 0.25) is 0 Å². The molecule has 0 heterocycles. The van der Waals surface area contributed by atoms with Crippen molar-refractivity contribution in [2.45, 2.75) is 6.92 Å². The Morgan fingerprint density at radius 2 is 2.33 bits per heavy atom. The predicted molar refractivity (Wildman–Crippen MR) is 56.2 cm³/mol. The molecule has 1 aromatic rings. The Kier molecular flexibility index (Phi) is 3.92. The molecule has 1 atom stereocenters. The van der Waals surface area contributed by atoms with Crippen LogP contribution in [0, 0.1) is 23.1 Å². The van der Waals surface area contributed by atoms with Crippen molar-refractivity contribution in [2.24, 2.45) is 5.92 Å². The minimum Gasteiger partial charge on any atom is -0.497 e. The molecule has 1 aromatic carbocycles. The molecule has 0 aliphatic heterocycles. The third-order valence-electron chi connectivity index (χ3n) is 1.99. The highest BCUT2D eigenvalue weighted by Crippen LogP contribution is 2.21. The maximum Gasteiger partial charge on any atom is 0.146 e. The zero-order valence-electron chi connectivity index (χ0n) is 8.75. The van der Waals surface area contributed by atoms with Crippen LogP contribution in [0.2, 0.25) is 0 Å². The third-order valence-corrected chi connectivity index (χ3v) is 1.99. The fourth-order valence-electron chi connectivity index (χ4n) is 1.08. The van der Waals surface area contributed by atoms with E-state index in [-0.39, 0.29) is 11.7 Å². The Bertz CT molecular complexity index is 373. The van der Waals surface area contributed by atoms with E-state index < -0.39 is 0 Å². The van der Waals surface area contributed by atoms with Gasteiger partial charge >= 0.3 is 0 Å². The molecule has 0 aromatic heterocycles. The second-order valence-electron chi connectivity index (χ2n) is 3.26. The van der Waals surface area contributed by atoms with Crippen LogP contribution in [0.25, 0.3) is 0 Å². The molecule has 0 aliphatic carbocycles. The molecule has 0 aliphatic rings. The molecule has 0 spiro atoms. The van der Waals surface area contributed by atoms with E-state index in [1.807, 2.05) is 0 Å². The quantitative estimate of drug-likeness (QED) is 0.826. The second-order valence-corrected chi connectivity index (χ2v) is 3.26. The fraction of sp³-hybridized carbons (Fsp3) is 0.364. The number of ether oxygens (including phenoxy) is 1. The predicted octanol–water partition coefficient (Wildman–Crippen LogP) is 2.41. The molecule has 1 rings (SSSR count). The summed E-state index contributed by atoms with van der Waals surface area (Å²) in [5.41, 5.74) is 0.358. The molecule has 0 saturated carbocycles. The molecule has 4 heteroatoms. The van der Waals surface area contributed by atoms with E-state index in [4.69, 9.17) is 10.00 Å². The minimum atomic E-state index is -0.346. The van der Waals surface area contributed by atoms with Crippen molar-refractivity contribution < 1.29 is 9.13 Å². The van der Waals surface area contributed by atoms with Crippen LogP contribution in [0.1, 0.15) is 6.92 Å². The number of halogens is 1. The Morgan fingerprint density at radius 3 is 2.93 bits per heavy atom. The molecular formula is C11H13FN2O. The number of nitrogens with one attached hydrogen (secondary N) is 1. The summed E-state index contributed by atoms with van der Waals surface area (Å²) in [5.74, 6) is 0.0834. The van der Waals surface area contributed by atoms with Crippen molar-refractivity contribution >= 4 is 5.69 Å². The standard InChI is InChI=1S/C11H13FN2O/c1-8(6-13)7-14-11-5-9(15-2)3-4-10(11)12/h3-5,8,14H,7H2,1-2H3. The summed E-state index contributed by atoms with van der Waals surface area (Å²) in [6, 6.07) is 6.52. The van der Waals surface area contributed by atoms with Crippen LogP contribution in [-0.2, 0) is 0 Å². The zero-order valence-corrected chi connectivity index (χ0v) is 8.75. The Hall–Kier alpha value is -1.76. The van der Waals surface area contributed by atoms with Crippen molar-refractivity contribution in [3.63, 3.8) is 0 Å². The van der Waals surface area contributed by atoms with Gasteiger partial charge in [0.1, 0.15) is 11.6 Å². The van der Waals surface area contributed by atoms with Gasteiger partial charge in [-0.1, -0.05) is 0 Å². The number of rotatable bonds is 4. The van der Waals surface area contributed by atoms with Crippen molar-refractivity contribution in [3.8, 4) is 11.8 Å². The van der Waals surface area contributed by atoms with Crippen molar-refractivity contribution in [2.75, 3.05) is 19.0 Å². The van der Waals surface area contributed by atoms with Gasteiger partial charge in [-0.2, -0.15) is 5.26 Å². The number of nitriles is 1. The molecule has 3 nitrogen and oxygen atoms in total. The van der Waals surface area contributed by atoms with Crippen molar-refractivity contribution in [1.29, 1.82) is 5.26 Å². The second kappa shape index (κ2) is 5.20. The SMILES string of the molecule is COc1ccc(F)c(NCC(C)C#N)c1. The van der Waals surface area contributed by atoms with Gasteiger partial charge in [-0.3, -0.25) is 0 Å². The lowest BCUT2D eigenvalue weighted by Gasteiger charge is -2.09. The first-order valence-corrected chi connectivity index (χ1v) is 4.64. The van der Waals surface area contributed by atoms with Gasteiger partial charge in [0, 0.05) is 12.6 Å². The number of anilines is 1. The summed E-state index contributed by atoms with van der Waals surface area (Å²) < 4.78 is 18.2. The van der Waals surface area contributed by atoms with Crippen molar-refractivity contribution in [3.05, 3.63) is 24.0 Å². The van der Waals surface area contributed by atoms with Gasteiger partial charge in [-0.05, 0) is 19.1 Å². The molecule has 1 N–H and O–H groups in total. The van der Waals surface area contributed by atoms with Crippen LogP contribution in [0.3, 0.4) is 0 Å². The van der Waals surface area contributed by atoms with Crippen LogP contribution in [0.5, 0.6) is 5.75 Å². The summed E-state index contributed by atoms with van der Waals surface area (Å²) in [6.45, 7) is 2.19. The summed E-state index contributed by atoms with van der Waals surface area (Å²) >= 11 is 0. The molecule has 0 fully saturated rings. The van der Waals surface area contributed by atoms with Crippen molar-refractivity contribution in [1.82, 2.24) is 0 Å². The molecule has 0 saturated heterocycles. The fourth-order valence-corrected chi connectivity index (χ4v) is 1.08. The summed E-state index contributed by atoms with van der Waals surface area (Å²) in [5, 5.41) is 11.4. The van der Waals surface area contributed by atoms with Crippen LogP contribution < -0.4 is 10.1 Å². The Balaban J connectivity index is 2.71. The number of hydrogen-bond acceptors (Lipinski definition) is 3. The highest BCUT2D eigenvalue weighted by molar-refractivity contribution is 5.49. The first-order valence-electron chi connectivity index (χ1n) is 4.64. The molecule has 0 bridgehead atoms. The summed E-state index contributed by atoms with van der Waals surface area (Å²) in [4.78, 5) is 0. The van der Waals surface area contributed by atoms with E-state index in [1.54, 1.807) is 19.1 Å². The van der Waals surface area contributed by atoms with E-state index in [9.17, 15) is 4.39 Å². The van der Waals surface area contributed by atoms with E-state index in [0.717, 1.165) is 0 Å². The maximum absolute atomic E-state index is 13.3. The number of methoxy groups -OCH3 is 1. The van der Waals surface area contributed by atoms with Crippen LogP contribution in [-0.4, -0.2) is 13.7 Å². The normalized spacial score (nSPS) is 11.6. The summed E-state index contributed by atoms with van der Waals surface area (Å²) in [6.07, 6.45) is 0. The van der Waals surface area contributed by atoms with Crippen LogP contribution in [0.4, 0.5) is 10.1 Å². The average Bonchev–Trinajstić information content (AvgIpc) is 2.27. The third kappa shape index (κ3) is 3.13. The van der Waals surface area contributed by atoms with E-state index >= 15 is 0 Å². The number of benzene rings is 1. The Labute approximate surface area is 88.5 Å². The minimum absolute atomic E-state index is 0.157. The van der Waals surface area contributed by atoms with Gasteiger partial charge < -0.3 is 10.1 Å². The van der Waals surface area contributed by atoms with Gasteiger partial charge in [0.15, 0.2) is 0 Å².